The molecule has 1 saturated carbocycles. The van der Waals surface area contributed by atoms with Gasteiger partial charge in [-0.3, -0.25) is 9.88 Å². The zero-order valence-corrected chi connectivity index (χ0v) is 14.9. The largest absolute Gasteiger partial charge is 0.493 e. The third-order valence-corrected chi connectivity index (χ3v) is 5.15. The third kappa shape index (κ3) is 3.33. The molecule has 134 valence electrons. The highest BCUT2D eigenvalue weighted by Gasteiger charge is 2.31. The van der Waals surface area contributed by atoms with E-state index in [1.807, 2.05) is 12.4 Å². The first-order chi connectivity index (χ1) is 12.3. The van der Waals surface area contributed by atoms with Crippen LogP contribution in [0.25, 0.3) is 0 Å². The monoisotopic (exact) mass is 343 g/mol. The topological polar surface area (TPSA) is 65.3 Å². The normalized spacial score (nSPS) is 21.3. The minimum Gasteiger partial charge on any atom is -0.493 e. The fourth-order valence-electron chi connectivity index (χ4n) is 3.76. The first kappa shape index (κ1) is 16.3. The van der Waals surface area contributed by atoms with Crippen molar-refractivity contribution in [1.29, 1.82) is 0 Å². The maximum atomic E-state index is 5.53. The van der Waals surface area contributed by atoms with Crippen molar-refractivity contribution in [1.82, 2.24) is 24.6 Å². The molecular formula is C18H25N5O2. The van der Waals surface area contributed by atoms with Crippen LogP contribution in [0, 0.1) is 0 Å². The van der Waals surface area contributed by atoms with Crippen molar-refractivity contribution in [3.05, 3.63) is 30.1 Å². The summed E-state index contributed by atoms with van der Waals surface area (Å²) in [5.41, 5.74) is 0.922. The van der Waals surface area contributed by atoms with Crippen molar-refractivity contribution in [3.8, 4) is 11.5 Å². The summed E-state index contributed by atoms with van der Waals surface area (Å²) in [7, 11) is 3.32. The van der Waals surface area contributed by atoms with Crippen LogP contribution in [-0.4, -0.2) is 52.0 Å². The predicted octanol–water partition coefficient (Wildman–Crippen LogP) is 2.40. The molecule has 2 fully saturated rings. The molecule has 3 heterocycles. The number of nitrogens with zero attached hydrogens (tertiary/aromatic N) is 5. The fraction of sp³-hybridized carbons (Fsp3) is 0.611. The Labute approximate surface area is 148 Å². The summed E-state index contributed by atoms with van der Waals surface area (Å²) in [6.07, 6.45) is 8.53. The molecule has 0 amide bonds. The van der Waals surface area contributed by atoms with Crippen LogP contribution >= 0.6 is 0 Å². The van der Waals surface area contributed by atoms with Gasteiger partial charge >= 0.3 is 0 Å². The van der Waals surface area contributed by atoms with Gasteiger partial charge in [-0.05, 0) is 32.2 Å². The van der Waals surface area contributed by atoms with Crippen LogP contribution in [0.15, 0.2) is 18.6 Å². The van der Waals surface area contributed by atoms with Crippen molar-refractivity contribution < 1.29 is 9.47 Å². The van der Waals surface area contributed by atoms with E-state index >= 15 is 0 Å². The van der Waals surface area contributed by atoms with Crippen molar-refractivity contribution in [2.75, 3.05) is 27.3 Å². The summed E-state index contributed by atoms with van der Waals surface area (Å²) in [5.74, 6) is 3.05. The second kappa shape index (κ2) is 7.00. The van der Waals surface area contributed by atoms with Crippen LogP contribution < -0.4 is 9.47 Å². The van der Waals surface area contributed by atoms with Crippen molar-refractivity contribution in [2.45, 2.75) is 44.2 Å². The maximum Gasteiger partial charge on any atom is 0.183 e. The third-order valence-electron chi connectivity index (χ3n) is 5.15. The Morgan fingerprint density at radius 1 is 1.20 bits per heavy atom. The number of pyridine rings is 1. The Morgan fingerprint density at radius 3 is 2.84 bits per heavy atom. The van der Waals surface area contributed by atoms with Gasteiger partial charge in [-0.1, -0.05) is 0 Å². The summed E-state index contributed by atoms with van der Waals surface area (Å²) >= 11 is 0. The second-order valence-electron chi connectivity index (χ2n) is 6.90. The lowest BCUT2D eigenvalue weighted by Gasteiger charge is -2.32. The predicted molar refractivity (Wildman–Crippen MR) is 92.9 cm³/mol. The standard InChI is InChI=1S/C18H25N5O2/c1-24-16-7-8-19-15(17(16)25-2)11-22-9-3-4-13(10-22)18-21-20-12-23(18)14-5-6-14/h7-8,12-14H,3-6,9-11H2,1-2H3/t13-/m1/s1. The van der Waals surface area contributed by atoms with Gasteiger partial charge in [0, 0.05) is 37.3 Å². The minimum absolute atomic E-state index is 0.438. The zero-order chi connectivity index (χ0) is 17.2. The lowest BCUT2D eigenvalue weighted by molar-refractivity contribution is 0.189. The van der Waals surface area contributed by atoms with Gasteiger partial charge in [-0.2, -0.15) is 0 Å². The highest BCUT2D eigenvalue weighted by Crippen LogP contribution is 2.38. The average molecular weight is 343 g/mol. The van der Waals surface area contributed by atoms with E-state index in [1.165, 1.54) is 19.3 Å². The lowest BCUT2D eigenvalue weighted by Crippen LogP contribution is -2.35. The quantitative estimate of drug-likeness (QED) is 0.802. The molecule has 4 rings (SSSR count). The van der Waals surface area contributed by atoms with Crippen LogP contribution in [0.4, 0.5) is 0 Å². The molecule has 0 N–H and O–H groups in total. The molecule has 7 heteroatoms. The first-order valence-corrected chi connectivity index (χ1v) is 8.97. The molecular weight excluding hydrogens is 318 g/mol. The molecule has 0 radical (unpaired) electrons. The molecule has 1 saturated heterocycles. The summed E-state index contributed by atoms with van der Waals surface area (Å²) < 4.78 is 13.2. The number of piperidine rings is 1. The van der Waals surface area contributed by atoms with Gasteiger partial charge in [0.05, 0.1) is 14.2 Å². The molecule has 0 unspecified atom stereocenters. The van der Waals surface area contributed by atoms with Crippen LogP contribution in [0.3, 0.4) is 0 Å². The smallest absolute Gasteiger partial charge is 0.183 e. The van der Waals surface area contributed by atoms with E-state index < -0.39 is 0 Å². The van der Waals surface area contributed by atoms with Gasteiger partial charge in [-0.15, -0.1) is 10.2 Å². The minimum atomic E-state index is 0.438. The van der Waals surface area contributed by atoms with Crippen molar-refractivity contribution >= 4 is 0 Å². The summed E-state index contributed by atoms with van der Waals surface area (Å²) in [6, 6.07) is 2.46. The van der Waals surface area contributed by atoms with E-state index in [4.69, 9.17) is 9.47 Å². The van der Waals surface area contributed by atoms with Gasteiger partial charge in [0.1, 0.15) is 17.8 Å². The Morgan fingerprint density at radius 2 is 2.08 bits per heavy atom. The highest BCUT2D eigenvalue weighted by molar-refractivity contribution is 5.42. The Kier molecular flexibility index (Phi) is 4.57. The van der Waals surface area contributed by atoms with E-state index in [-0.39, 0.29) is 0 Å². The van der Waals surface area contributed by atoms with Crippen molar-refractivity contribution in [2.24, 2.45) is 0 Å². The Bertz CT molecular complexity index is 728. The number of methoxy groups -OCH3 is 2. The molecule has 2 aromatic rings. The van der Waals surface area contributed by atoms with Gasteiger partial charge in [-0.25, -0.2) is 0 Å². The van der Waals surface area contributed by atoms with Gasteiger partial charge in [0.25, 0.3) is 0 Å². The number of likely N-dealkylation sites (tertiary alicyclic amines) is 1. The molecule has 2 aromatic heterocycles. The number of hydrogen-bond donors (Lipinski definition) is 0. The molecule has 0 aromatic carbocycles. The first-order valence-electron chi connectivity index (χ1n) is 8.97. The number of aromatic nitrogens is 4. The van der Waals surface area contributed by atoms with Crippen LogP contribution in [-0.2, 0) is 6.54 Å². The summed E-state index contributed by atoms with van der Waals surface area (Å²) in [5, 5.41) is 8.59. The SMILES string of the molecule is COc1ccnc(CN2CCC[C@@H](c3nncn3C3CC3)C2)c1OC. The maximum absolute atomic E-state index is 5.53. The Balaban J connectivity index is 1.49. The van der Waals surface area contributed by atoms with Gasteiger partial charge in [0.2, 0.25) is 0 Å². The van der Waals surface area contributed by atoms with Crippen LogP contribution in [0.1, 0.15) is 49.2 Å². The molecule has 1 aliphatic heterocycles. The molecule has 1 atom stereocenters. The van der Waals surface area contributed by atoms with E-state index in [2.05, 4.69) is 24.6 Å². The second-order valence-corrected chi connectivity index (χ2v) is 6.90. The number of hydrogen-bond acceptors (Lipinski definition) is 6. The van der Waals surface area contributed by atoms with Gasteiger partial charge < -0.3 is 14.0 Å². The summed E-state index contributed by atoms with van der Waals surface area (Å²) in [4.78, 5) is 6.95. The molecule has 2 aliphatic rings. The van der Waals surface area contributed by atoms with E-state index in [1.54, 1.807) is 20.4 Å². The summed E-state index contributed by atoms with van der Waals surface area (Å²) in [6.45, 7) is 2.80. The molecule has 0 spiro atoms. The number of ether oxygens (including phenoxy) is 2. The molecule has 1 aliphatic carbocycles. The van der Waals surface area contributed by atoms with Crippen LogP contribution in [0.2, 0.25) is 0 Å². The number of rotatable bonds is 6. The highest BCUT2D eigenvalue weighted by atomic mass is 16.5. The average Bonchev–Trinajstić information content (AvgIpc) is 3.38. The zero-order valence-electron chi connectivity index (χ0n) is 14.9. The van der Waals surface area contributed by atoms with E-state index in [9.17, 15) is 0 Å². The van der Waals surface area contributed by atoms with Gasteiger partial charge in [0.15, 0.2) is 11.5 Å². The van der Waals surface area contributed by atoms with Crippen LogP contribution in [0.5, 0.6) is 11.5 Å². The lowest BCUT2D eigenvalue weighted by atomic mass is 9.97. The van der Waals surface area contributed by atoms with E-state index in [0.717, 1.165) is 49.1 Å². The fourth-order valence-corrected chi connectivity index (χ4v) is 3.76. The van der Waals surface area contributed by atoms with E-state index in [0.29, 0.717) is 12.0 Å². The molecule has 25 heavy (non-hydrogen) atoms. The molecule has 7 nitrogen and oxygen atoms in total. The molecule has 0 bridgehead atoms. The van der Waals surface area contributed by atoms with Crippen molar-refractivity contribution in [3.63, 3.8) is 0 Å². The Hall–Kier alpha value is -2.15.